The number of halogens is 3. The minimum atomic E-state index is -4.37. The highest BCUT2D eigenvalue weighted by Gasteiger charge is 2.44. The van der Waals surface area contributed by atoms with Crippen molar-refractivity contribution in [3.05, 3.63) is 29.3 Å². The monoisotopic (exact) mass is 403 g/mol. The van der Waals surface area contributed by atoms with Crippen molar-refractivity contribution in [2.24, 2.45) is 0 Å². The van der Waals surface area contributed by atoms with Crippen LogP contribution >= 0.6 is 11.2 Å². The van der Waals surface area contributed by atoms with E-state index in [1.807, 2.05) is 23.3 Å². The number of amides is 1. The molecule has 0 fully saturated rings. The van der Waals surface area contributed by atoms with E-state index in [1.165, 1.54) is 0 Å². The summed E-state index contributed by atoms with van der Waals surface area (Å²) in [5.41, 5.74) is 2.84. The quantitative estimate of drug-likeness (QED) is 0.507. The van der Waals surface area contributed by atoms with Gasteiger partial charge in [0.25, 0.3) is 5.91 Å². The van der Waals surface area contributed by atoms with Gasteiger partial charge in [0.2, 0.25) is 0 Å². The van der Waals surface area contributed by atoms with Crippen LogP contribution in [0.4, 0.5) is 13.2 Å². The Hall–Kier alpha value is -0.953. The van der Waals surface area contributed by atoms with Crippen molar-refractivity contribution in [2.75, 3.05) is 6.54 Å². The standard InChI is InChI=1S/C19H28F3NOSSi/c1-12(2)26(13(3)4,14(5)6)25-16-7-8-17-15(9-16)10-23(18(17)24)11-19(20,21)22/h7-9,12-14H,10-11H2,1-6H3. The molecule has 1 aromatic carbocycles. The molecule has 0 aromatic heterocycles. The Kier molecular flexibility index (Phi) is 6.22. The summed E-state index contributed by atoms with van der Waals surface area (Å²) < 4.78 is 38.0. The number of benzene rings is 1. The number of carbonyl (C=O) groups is 1. The second-order valence-corrected chi connectivity index (χ2v) is 16.6. The molecule has 0 saturated carbocycles. The molecule has 1 aliphatic rings. The summed E-state index contributed by atoms with van der Waals surface area (Å²) in [6.45, 7) is 12.5. The summed E-state index contributed by atoms with van der Waals surface area (Å²) in [7, 11) is -1.74. The van der Waals surface area contributed by atoms with Crippen molar-refractivity contribution in [1.29, 1.82) is 0 Å². The fraction of sp³-hybridized carbons (Fsp3) is 0.632. The summed E-state index contributed by atoms with van der Waals surface area (Å²) >= 11 is 1.93. The van der Waals surface area contributed by atoms with Crippen LogP contribution in [0.1, 0.15) is 57.5 Å². The molecule has 0 atom stereocenters. The van der Waals surface area contributed by atoms with Gasteiger partial charge in [0.1, 0.15) is 13.8 Å². The van der Waals surface area contributed by atoms with Gasteiger partial charge in [-0.25, -0.2) is 0 Å². The van der Waals surface area contributed by atoms with Crippen LogP contribution in [-0.2, 0) is 6.54 Å². The molecule has 0 N–H and O–H groups in total. The third-order valence-electron chi connectivity index (χ3n) is 5.33. The Morgan fingerprint density at radius 3 is 2.08 bits per heavy atom. The van der Waals surface area contributed by atoms with Gasteiger partial charge in [-0.15, -0.1) is 0 Å². The van der Waals surface area contributed by atoms with Crippen LogP contribution in [0.25, 0.3) is 0 Å². The van der Waals surface area contributed by atoms with Crippen molar-refractivity contribution in [1.82, 2.24) is 4.90 Å². The molecule has 2 rings (SSSR count). The second kappa shape index (κ2) is 7.58. The van der Waals surface area contributed by atoms with Crippen LogP contribution in [0.5, 0.6) is 0 Å². The highest BCUT2D eigenvalue weighted by Crippen LogP contribution is 2.52. The van der Waals surface area contributed by atoms with Crippen molar-refractivity contribution in [3.8, 4) is 0 Å². The Balaban J connectivity index is 2.31. The number of carbonyl (C=O) groups excluding carboxylic acids is 1. The van der Waals surface area contributed by atoms with Gasteiger partial charge in [-0.2, -0.15) is 24.4 Å². The van der Waals surface area contributed by atoms with E-state index in [-0.39, 0.29) is 6.54 Å². The maximum Gasteiger partial charge on any atom is 0.406 e. The molecule has 1 aliphatic heterocycles. The molecule has 1 aromatic rings. The van der Waals surface area contributed by atoms with E-state index in [0.29, 0.717) is 27.8 Å². The zero-order valence-electron chi connectivity index (χ0n) is 16.3. The molecule has 26 heavy (non-hydrogen) atoms. The van der Waals surface area contributed by atoms with Gasteiger partial charge in [0.15, 0.2) is 0 Å². The maximum absolute atomic E-state index is 12.7. The van der Waals surface area contributed by atoms with E-state index in [9.17, 15) is 18.0 Å². The molecule has 2 nitrogen and oxygen atoms in total. The number of hydrogen-bond donors (Lipinski definition) is 0. The average molecular weight is 404 g/mol. The lowest BCUT2D eigenvalue weighted by Crippen LogP contribution is -2.40. The number of alkyl halides is 3. The first-order valence-corrected chi connectivity index (χ1v) is 12.8. The molecular weight excluding hydrogens is 375 g/mol. The molecule has 7 heteroatoms. The zero-order valence-corrected chi connectivity index (χ0v) is 18.1. The third kappa shape index (κ3) is 4.14. The SMILES string of the molecule is CC(C)[Si](Sc1ccc2c(c1)CN(CC(F)(F)F)C2=O)(C(C)C)C(C)C. The van der Waals surface area contributed by atoms with Gasteiger partial charge < -0.3 is 4.90 Å². The van der Waals surface area contributed by atoms with E-state index >= 15 is 0 Å². The van der Waals surface area contributed by atoms with E-state index in [0.717, 1.165) is 9.80 Å². The minimum Gasteiger partial charge on any atom is -0.325 e. The van der Waals surface area contributed by atoms with Gasteiger partial charge in [0, 0.05) is 17.0 Å². The minimum absolute atomic E-state index is 0.0433. The summed E-state index contributed by atoms with van der Waals surface area (Å²) in [4.78, 5) is 14.2. The first-order chi connectivity index (χ1) is 11.9. The summed E-state index contributed by atoms with van der Waals surface area (Å²) in [5, 5.41) is 0. The van der Waals surface area contributed by atoms with Crippen LogP contribution < -0.4 is 0 Å². The lowest BCUT2D eigenvalue weighted by Gasteiger charge is -2.42. The molecule has 0 bridgehead atoms. The van der Waals surface area contributed by atoms with Crippen LogP contribution in [0.3, 0.4) is 0 Å². The molecule has 1 heterocycles. The van der Waals surface area contributed by atoms with Crippen LogP contribution in [0.2, 0.25) is 16.6 Å². The molecular formula is C19H28F3NOSSi. The van der Waals surface area contributed by atoms with Crippen molar-refractivity contribution >= 4 is 24.3 Å². The van der Waals surface area contributed by atoms with E-state index in [4.69, 9.17) is 0 Å². The lowest BCUT2D eigenvalue weighted by molar-refractivity contribution is -0.140. The average Bonchev–Trinajstić information content (AvgIpc) is 2.77. The van der Waals surface area contributed by atoms with Crippen LogP contribution in [0, 0.1) is 0 Å². The molecule has 0 spiro atoms. The van der Waals surface area contributed by atoms with Gasteiger partial charge in [-0.3, -0.25) is 4.79 Å². The van der Waals surface area contributed by atoms with E-state index in [2.05, 4.69) is 41.5 Å². The maximum atomic E-state index is 12.7. The second-order valence-electron chi connectivity index (χ2n) is 8.02. The molecule has 0 saturated heterocycles. The Morgan fingerprint density at radius 2 is 1.62 bits per heavy atom. The number of rotatable bonds is 6. The van der Waals surface area contributed by atoms with Gasteiger partial charge >= 0.3 is 6.18 Å². The Morgan fingerprint density at radius 1 is 1.08 bits per heavy atom. The fourth-order valence-electron chi connectivity index (χ4n) is 4.32. The highest BCUT2D eigenvalue weighted by atomic mass is 32.4. The van der Waals surface area contributed by atoms with E-state index < -0.39 is 25.9 Å². The molecule has 0 radical (unpaired) electrons. The summed E-state index contributed by atoms with van der Waals surface area (Å²) in [6.07, 6.45) is -4.37. The highest BCUT2D eigenvalue weighted by molar-refractivity contribution is 8.29. The molecule has 0 aliphatic carbocycles. The van der Waals surface area contributed by atoms with Crippen LogP contribution in [0.15, 0.2) is 23.1 Å². The predicted molar refractivity (Wildman–Crippen MR) is 104 cm³/mol. The van der Waals surface area contributed by atoms with Gasteiger partial charge in [0.05, 0.1) is 0 Å². The largest absolute Gasteiger partial charge is 0.406 e. The molecule has 146 valence electrons. The van der Waals surface area contributed by atoms with E-state index in [1.54, 1.807) is 6.07 Å². The van der Waals surface area contributed by atoms with Gasteiger partial charge in [-0.05, 0) is 40.4 Å². The third-order valence-corrected chi connectivity index (χ3v) is 17.6. The van der Waals surface area contributed by atoms with Crippen molar-refractivity contribution in [3.63, 3.8) is 0 Å². The first kappa shape index (κ1) is 21.3. The molecule has 0 unspecified atom stereocenters. The smallest absolute Gasteiger partial charge is 0.325 e. The normalized spacial score (nSPS) is 15.5. The zero-order chi connectivity index (χ0) is 19.9. The Labute approximate surface area is 159 Å². The predicted octanol–water partition coefficient (Wildman–Crippen LogP) is 6.47. The Bertz CT molecular complexity index is 651. The number of nitrogens with zero attached hydrogens (tertiary/aromatic N) is 1. The summed E-state index contributed by atoms with van der Waals surface area (Å²) in [5.74, 6) is -0.519. The van der Waals surface area contributed by atoms with Gasteiger partial charge in [-0.1, -0.05) is 41.5 Å². The van der Waals surface area contributed by atoms with Crippen LogP contribution in [-0.4, -0.2) is 30.8 Å². The van der Waals surface area contributed by atoms with Crippen molar-refractivity contribution in [2.45, 2.75) is 75.8 Å². The number of hydrogen-bond acceptors (Lipinski definition) is 2. The summed E-state index contributed by atoms with van der Waals surface area (Å²) in [6, 6.07) is 5.55. The fourth-order valence-corrected chi connectivity index (χ4v) is 13.5. The van der Waals surface area contributed by atoms with Crippen molar-refractivity contribution < 1.29 is 18.0 Å². The number of fused-ring (bicyclic) bond motifs is 1. The molecule has 1 amide bonds. The topological polar surface area (TPSA) is 20.3 Å². The first-order valence-electron chi connectivity index (χ1n) is 9.06. The lowest BCUT2D eigenvalue weighted by atomic mass is 10.1.